The maximum atomic E-state index is 11.9. The molecule has 1 rings (SSSR count). The number of rotatable bonds is 2. The second kappa shape index (κ2) is 5.84. The first kappa shape index (κ1) is 15.7. The molecule has 1 saturated heterocycles. The minimum Gasteiger partial charge on any atom is -0.392 e. The Hall–Kier alpha value is -0.320. The van der Waals surface area contributed by atoms with Crippen LogP contribution in [0.2, 0.25) is 0 Å². The first-order chi connectivity index (χ1) is 6.79. The van der Waals surface area contributed by atoms with Crippen LogP contribution in [-0.4, -0.2) is 48.2 Å². The van der Waals surface area contributed by atoms with E-state index in [9.17, 15) is 9.90 Å². The van der Waals surface area contributed by atoms with Crippen molar-refractivity contribution in [1.29, 1.82) is 0 Å². The van der Waals surface area contributed by atoms with Gasteiger partial charge in [-0.05, 0) is 11.8 Å². The first-order valence-electron chi connectivity index (χ1n) is 5.46. The molecule has 1 heterocycles. The van der Waals surface area contributed by atoms with E-state index in [0.717, 1.165) is 6.54 Å². The zero-order valence-corrected chi connectivity index (χ0v) is 11.3. The Morgan fingerprint density at radius 3 is 2.44 bits per heavy atom. The lowest BCUT2D eigenvalue weighted by atomic mass is 9.96. The number of nitrogens with one attached hydrogen (secondary N) is 1. The molecule has 2 atom stereocenters. The van der Waals surface area contributed by atoms with E-state index in [1.54, 1.807) is 4.90 Å². The molecular formula is C11H23ClN2O2. The third kappa shape index (κ3) is 4.68. The van der Waals surface area contributed by atoms with Gasteiger partial charge in [-0.3, -0.25) is 4.79 Å². The SMILES string of the molecule is CN(CC(C)(C)C)C(=O)[C@H]1C[C@@H](O)CN1.Cl. The average Bonchev–Trinajstić information content (AvgIpc) is 2.47. The van der Waals surface area contributed by atoms with Gasteiger partial charge in [0.1, 0.15) is 0 Å². The number of aliphatic hydroxyl groups is 1. The van der Waals surface area contributed by atoms with E-state index in [-0.39, 0.29) is 35.9 Å². The topological polar surface area (TPSA) is 52.6 Å². The van der Waals surface area contributed by atoms with Crippen LogP contribution in [0.5, 0.6) is 0 Å². The first-order valence-corrected chi connectivity index (χ1v) is 5.46. The fourth-order valence-corrected chi connectivity index (χ4v) is 1.96. The molecule has 0 saturated carbocycles. The number of nitrogens with zero attached hydrogens (tertiary/aromatic N) is 1. The molecule has 1 amide bonds. The minimum absolute atomic E-state index is 0. The van der Waals surface area contributed by atoms with Gasteiger partial charge >= 0.3 is 0 Å². The van der Waals surface area contributed by atoms with Crippen LogP contribution in [0, 0.1) is 5.41 Å². The van der Waals surface area contributed by atoms with E-state index in [2.05, 4.69) is 26.1 Å². The highest BCUT2D eigenvalue weighted by Gasteiger charge is 2.31. The Morgan fingerprint density at radius 2 is 2.06 bits per heavy atom. The van der Waals surface area contributed by atoms with Gasteiger partial charge in [0.15, 0.2) is 0 Å². The molecule has 16 heavy (non-hydrogen) atoms. The molecular weight excluding hydrogens is 228 g/mol. The third-order valence-electron chi connectivity index (χ3n) is 2.49. The molecule has 1 aliphatic rings. The molecule has 0 unspecified atom stereocenters. The van der Waals surface area contributed by atoms with Gasteiger partial charge in [-0.2, -0.15) is 0 Å². The average molecular weight is 251 g/mol. The van der Waals surface area contributed by atoms with Gasteiger partial charge in [0.25, 0.3) is 0 Å². The summed E-state index contributed by atoms with van der Waals surface area (Å²) in [4.78, 5) is 13.7. The van der Waals surface area contributed by atoms with Crippen molar-refractivity contribution in [2.24, 2.45) is 5.41 Å². The largest absolute Gasteiger partial charge is 0.392 e. The molecule has 4 nitrogen and oxygen atoms in total. The molecule has 0 bridgehead atoms. The van der Waals surface area contributed by atoms with Crippen molar-refractivity contribution in [1.82, 2.24) is 10.2 Å². The molecule has 5 heteroatoms. The van der Waals surface area contributed by atoms with Gasteiger partial charge < -0.3 is 15.3 Å². The van der Waals surface area contributed by atoms with Crippen molar-refractivity contribution in [3.8, 4) is 0 Å². The molecule has 0 radical (unpaired) electrons. The fourth-order valence-electron chi connectivity index (χ4n) is 1.96. The molecule has 0 aliphatic carbocycles. The summed E-state index contributed by atoms with van der Waals surface area (Å²) in [5.74, 6) is 0.0847. The normalized spacial score (nSPS) is 25.1. The molecule has 0 aromatic heterocycles. The monoisotopic (exact) mass is 250 g/mol. The molecule has 96 valence electrons. The molecule has 0 aromatic carbocycles. The Morgan fingerprint density at radius 1 is 1.50 bits per heavy atom. The van der Waals surface area contributed by atoms with E-state index in [1.807, 2.05) is 7.05 Å². The van der Waals surface area contributed by atoms with Crippen molar-refractivity contribution < 1.29 is 9.90 Å². The summed E-state index contributed by atoms with van der Waals surface area (Å²) < 4.78 is 0. The summed E-state index contributed by atoms with van der Waals surface area (Å²) in [6.07, 6.45) is 0.162. The lowest BCUT2D eigenvalue weighted by Gasteiger charge is -2.28. The number of amides is 1. The van der Waals surface area contributed by atoms with Crippen LogP contribution in [0.15, 0.2) is 0 Å². The smallest absolute Gasteiger partial charge is 0.239 e. The van der Waals surface area contributed by atoms with Crippen LogP contribution in [0.3, 0.4) is 0 Å². The van der Waals surface area contributed by atoms with E-state index >= 15 is 0 Å². The number of β-amino-alcohol motifs (C(OH)–C–C–N with tert-alkyl or cyclic N) is 1. The van der Waals surface area contributed by atoms with Gasteiger partial charge in [-0.25, -0.2) is 0 Å². The van der Waals surface area contributed by atoms with Gasteiger partial charge in [-0.15, -0.1) is 12.4 Å². The summed E-state index contributed by atoms with van der Waals surface area (Å²) in [6, 6.07) is -0.202. The number of aliphatic hydroxyl groups excluding tert-OH is 1. The van der Waals surface area contributed by atoms with E-state index in [1.165, 1.54) is 0 Å². The zero-order valence-electron chi connectivity index (χ0n) is 10.5. The second-order valence-electron chi connectivity index (χ2n) is 5.61. The molecule has 1 aliphatic heterocycles. The summed E-state index contributed by atoms with van der Waals surface area (Å²) in [5, 5.41) is 12.4. The van der Waals surface area contributed by atoms with Crippen LogP contribution < -0.4 is 5.32 Å². The Kier molecular flexibility index (Phi) is 5.73. The third-order valence-corrected chi connectivity index (χ3v) is 2.49. The van der Waals surface area contributed by atoms with E-state index in [4.69, 9.17) is 0 Å². The van der Waals surface area contributed by atoms with Gasteiger partial charge in [0.05, 0.1) is 12.1 Å². The predicted molar refractivity (Wildman–Crippen MR) is 66.8 cm³/mol. The number of carbonyl (C=O) groups excluding carboxylic acids is 1. The number of halogens is 1. The highest BCUT2D eigenvalue weighted by molar-refractivity contribution is 5.85. The maximum Gasteiger partial charge on any atom is 0.239 e. The van der Waals surface area contributed by atoms with Crippen molar-refractivity contribution in [2.45, 2.75) is 39.3 Å². The Balaban J connectivity index is 0.00000225. The molecule has 0 aromatic rings. The molecule has 0 spiro atoms. The van der Waals surface area contributed by atoms with Crippen LogP contribution in [0.1, 0.15) is 27.2 Å². The minimum atomic E-state index is -0.373. The fraction of sp³-hybridized carbons (Fsp3) is 0.909. The zero-order chi connectivity index (χ0) is 11.6. The second-order valence-corrected chi connectivity index (χ2v) is 5.61. The van der Waals surface area contributed by atoms with Crippen molar-refractivity contribution >= 4 is 18.3 Å². The molecule has 1 fully saturated rings. The van der Waals surface area contributed by atoms with E-state index in [0.29, 0.717) is 13.0 Å². The van der Waals surface area contributed by atoms with Gasteiger partial charge in [0.2, 0.25) is 5.91 Å². The van der Waals surface area contributed by atoms with Crippen LogP contribution in [0.4, 0.5) is 0 Å². The summed E-state index contributed by atoms with van der Waals surface area (Å²) in [6.45, 7) is 7.58. The predicted octanol–water partition coefficient (Wildman–Crippen LogP) is 0.635. The maximum absolute atomic E-state index is 11.9. The van der Waals surface area contributed by atoms with Crippen LogP contribution in [0.25, 0.3) is 0 Å². The van der Waals surface area contributed by atoms with Crippen molar-refractivity contribution in [3.63, 3.8) is 0 Å². The standard InChI is InChI=1S/C11H22N2O2.ClH/c1-11(2,3)7-13(4)10(15)9-5-8(14)6-12-9;/h8-9,12,14H,5-7H2,1-4H3;1H/t8-,9-;/m1./s1. The summed E-state index contributed by atoms with van der Waals surface area (Å²) >= 11 is 0. The van der Waals surface area contributed by atoms with Crippen molar-refractivity contribution in [3.05, 3.63) is 0 Å². The lowest BCUT2D eigenvalue weighted by molar-refractivity contribution is -0.133. The number of carbonyl (C=O) groups is 1. The van der Waals surface area contributed by atoms with Gasteiger partial charge in [0, 0.05) is 20.1 Å². The Bertz CT molecular complexity index is 241. The summed E-state index contributed by atoms with van der Waals surface area (Å²) in [5.41, 5.74) is 0.113. The highest BCUT2D eigenvalue weighted by atomic mass is 35.5. The van der Waals surface area contributed by atoms with Crippen molar-refractivity contribution in [2.75, 3.05) is 20.1 Å². The van der Waals surface area contributed by atoms with Crippen LogP contribution >= 0.6 is 12.4 Å². The van der Waals surface area contributed by atoms with E-state index < -0.39 is 0 Å². The molecule has 2 N–H and O–H groups in total. The number of likely N-dealkylation sites (N-methyl/N-ethyl adjacent to an activating group) is 1. The number of hydrogen-bond acceptors (Lipinski definition) is 3. The summed E-state index contributed by atoms with van der Waals surface area (Å²) in [7, 11) is 1.82. The van der Waals surface area contributed by atoms with Crippen LogP contribution in [-0.2, 0) is 4.79 Å². The quantitative estimate of drug-likeness (QED) is 0.756. The lowest BCUT2D eigenvalue weighted by Crippen LogP contribution is -2.44. The Labute approximate surface area is 104 Å². The highest BCUT2D eigenvalue weighted by Crippen LogP contribution is 2.16. The number of hydrogen-bond donors (Lipinski definition) is 2. The van der Waals surface area contributed by atoms with Gasteiger partial charge in [-0.1, -0.05) is 20.8 Å².